The topological polar surface area (TPSA) is 91.0 Å². The van der Waals surface area contributed by atoms with Crippen LogP contribution < -0.4 is 10.6 Å². The molecule has 1 fully saturated rings. The molecule has 1 aliphatic carbocycles. The molecule has 106 valence electrons. The summed E-state index contributed by atoms with van der Waals surface area (Å²) in [6, 6.07) is 3.76. The fourth-order valence-electron chi connectivity index (χ4n) is 2.24. The normalized spacial score (nSPS) is 16.5. The van der Waals surface area contributed by atoms with Gasteiger partial charge in [-0.25, -0.2) is 0 Å². The number of anilines is 1. The predicted molar refractivity (Wildman–Crippen MR) is 73.6 cm³/mol. The summed E-state index contributed by atoms with van der Waals surface area (Å²) in [5, 5.41) is 18.5. The number of carbonyl (C=O) groups excluding carboxylic acids is 1. The van der Waals surface area contributed by atoms with E-state index in [0.29, 0.717) is 11.6 Å². The fraction of sp³-hybridized carbons (Fsp3) is 0.500. The Morgan fingerprint density at radius 2 is 2.25 bits per heavy atom. The zero-order chi connectivity index (χ0) is 14.4. The van der Waals surface area contributed by atoms with Gasteiger partial charge in [-0.15, -0.1) is 0 Å². The van der Waals surface area contributed by atoms with Crippen LogP contribution in [0.25, 0.3) is 0 Å². The Balaban J connectivity index is 1.92. The Bertz CT molecular complexity index is 536. The first-order valence-corrected chi connectivity index (χ1v) is 6.80. The minimum atomic E-state index is -0.341. The molecule has 1 aromatic rings. The van der Waals surface area contributed by atoms with E-state index in [1.807, 2.05) is 6.07 Å². The number of hydrogen-bond acceptors (Lipinski definition) is 5. The number of rotatable bonds is 4. The van der Waals surface area contributed by atoms with Crippen LogP contribution in [0.4, 0.5) is 5.82 Å². The molecule has 0 atom stereocenters. The molecule has 0 radical (unpaired) electrons. The van der Waals surface area contributed by atoms with Crippen molar-refractivity contribution in [3.05, 3.63) is 23.6 Å². The molecule has 1 aromatic heterocycles. The van der Waals surface area contributed by atoms with Crippen LogP contribution in [0.5, 0.6) is 0 Å². The van der Waals surface area contributed by atoms with Crippen molar-refractivity contribution in [3.63, 3.8) is 0 Å². The van der Waals surface area contributed by atoms with Crippen molar-refractivity contribution in [2.45, 2.75) is 45.1 Å². The minimum Gasteiger partial charge on any atom is -0.360 e. The maximum atomic E-state index is 12.0. The fourth-order valence-corrected chi connectivity index (χ4v) is 2.24. The Morgan fingerprint density at radius 1 is 1.50 bits per heavy atom. The van der Waals surface area contributed by atoms with Crippen LogP contribution in [0, 0.1) is 18.3 Å². The Morgan fingerprint density at radius 3 is 2.85 bits per heavy atom. The highest BCUT2D eigenvalue weighted by Gasteiger charge is 2.18. The molecule has 2 rings (SSSR count). The average Bonchev–Trinajstić information content (AvgIpc) is 2.86. The van der Waals surface area contributed by atoms with E-state index in [-0.39, 0.29) is 17.5 Å². The molecule has 0 aromatic carbocycles. The van der Waals surface area contributed by atoms with Crippen molar-refractivity contribution in [2.24, 2.45) is 0 Å². The second kappa shape index (κ2) is 6.75. The summed E-state index contributed by atoms with van der Waals surface area (Å²) < 4.78 is 4.89. The standard InChI is InChI=1S/C14H18N4O2/c1-10-7-13(18-20-10)16-9-11(8-15)14(19)17-12-5-3-2-4-6-12/h7,9,12H,2-6H2,1H3,(H,16,18)(H,17,19)/b11-9-. The van der Waals surface area contributed by atoms with Crippen LogP contribution in [0.15, 0.2) is 22.4 Å². The van der Waals surface area contributed by atoms with Gasteiger partial charge in [-0.1, -0.05) is 24.4 Å². The lowest BCUT2D eigenvalue weighted by molar-refractivity contribution is -0.118. The lowest BCUT2D eigenvalue weighted by atomic mass is 9.95. The molecule has 0 spiro atoms. The number of aryl methyl sites for hydroxylation is 1. The highest BCUT2D eigenvalue weighted by Crippen LogP contribution is 2.17. The number of nitrogens with one attached hydrogen (secondary N) is 2. The molecule has 0 bridgehead atoms. The number of nitrogens with zero attached hydrogens (tertiary/aromatic N) is 2. The quantitative estimate of drug-likeness (QED) is 0.649. The van der Waals surface area contributed by atoms with Crippen molar-refractivity contribution >= 4 is 11.7 Å². The summed E-state index contributed by atoms with van der Waals surface area (Å²) >= 11 is 0. The number of nitriles is 1. The Hall–Kier alpha value is -2.29. The maximum Gasteiger partial charge on any atom is 0.263 e. The molecule has 1 heterocycles. The SMILES string of the molecule is Cc1cc(N/C=C(/C#N)C(=O)NC2CCCCC2)no1. The molecule has 0 unspecified atom stereocenters. The van der Waals surface area contributed by atoms with Crippen molar-refractivity contribution in [1.82, 2.24) is 10.5 Å². The van der Waals surface area contributed by atoms with Crippen LogP contribution in [0.2, 0.25) is 0 Å². The first-order valence-electron chi connectivity index (χ1n) is 6.80. The third-order valence-corrected chi connectivity index (χ3v) is 3.30. The first-order chi connectivity index (χ1) is 9.69. The van der Waals surface area contributed by atoms with E-state index in [0.717, 1.165) is 25.7 Å². The van der Waals surface area contributed by atoms with Gasteiger partial charge in [0.2, 0.25) is 0 Å². The summed E-state index contributed by atoms with van der Waals surface area (Å²) in [7, 11) is 0. The maximum absolute atomic E-state index is 12.0. The summed E-state index contributed by atoms with van der Waals surface area (Å²) in [6.45, 7) is 1.77. The van der Waals surface area contributed by atoms with E-state index in [2.05, 4.69) is 15.8 Å². The number of hydrogen-bond donors (Lipinski definition) is 2. The third-order valence-electron chi connectivity index (χ3n) is 3.30. The van der Waals surface area contributed by atoms with Gasteiger partial charge < -0.3 is 15.2 Å². The van der Waals surface area contributed by atoms with Gasteiger partial charge in [-0.3, -0.25) is 4.79 Å². The summed E-state index contributed by atoms with van der Waals surface area (Å²) in [6.07, 6.45) is 6.82. The predicted octanol–water partition coefficient (Wildman–Crippen LogP) is 2.25. The zero-order valence-corrected chi connectivity index (χ0v) is 11.5. The van der Waals surface area contributed by atoms with Gasteiger partial charge in [0.1, 0.15) is 17.4 Å². The van der Waals surface area contributed by atoms with Gasteiger partial charge in [0.15, 0.2) is 5.82 Å². The third kappa shape index (κ3) is 3.85. The van der Waals surface area contributed by atoms with Gasteiger partial charge in [0.25, 0.3) is 5.91 Å². The molecular weight excluding hydrogens is 256 g/mol. The molecule has 20 heavy (non-hydrogen) atoms. The monoisotopic (exact) mass is 274 g/mol. The molecule has 1 amide bonds. The van der Waals surface area contributed by atoms with Gasteiger partial charge >= 0.3 is 0 Å². The van der Waals surface area contributed by atoms with Crippen LogP contribution in [-0.4, -0.2) is 17.1 Å². The molecule has 1 aliphatic rings. The molecular formula is C14H18N4O2. The second-order valence-corrected chi connectivity index (χ2v) is 4.95. The van der Waals surface area contributed by atoms with Crippen LogP contribution >= 0.6 is 0 Å². The lowest BCUT2D eigenvalue weighted by Gasteiger charge is -2.22. The van der Waals surface area contributed by atoms with E-state index in [1.54, 1.807) is 13.0 Å². The molecule has 0 saturated heterocycles. The number of amides is 1. The molecule has 6 heteroatoms. The Kier molecular flexibility index (Phi) is 4.77. The molecule has 0 aliphatic heterocycles. The largest absolute Gasteiger partial charge is 0.360 e. The van der Waals surface area contributed by atoms with Gasteiger partial charge in [-0.2, -0.15) is 5.26 Å². The highest BCUT2D eigenvalue weighted by atomic mass is 16.5. The number of aromatic nitrogens is 1. The van der Waals surface area contributed by atoms with E-state index < -0.39 is 0 Å². The van der Waals surface area contributed by atoms with Gasteiger partial charge in [0, 0.05) is 18.3 Å². The smallest absolute Gasteiger partial charge is 0.263 e. The van der Waals surface area contributed by atoms with Crippen LogP contribution in [0.1, 0.15) is 37.9 Å². The molecule has 1 saturated carbocycles. The molecule has 6 nitrogen and oxygen atoms in total. The minimum absolute atomic E-state index is 0.0382. The second-order valence-electron chi connectivity index (χ2n) is 4.95. The first kappa shape index (κ1) is 14.1. The van der Waals surface area contributed by atoms with E-state index in [4.69, 9.17) is 9.78 Å². The van der Waals surface area contributed by atoms with Crippen molar-refractivity contribution < 1.29 is 9.32 Å². The zero-order valence-electron chi connectivity index (χ0n) is 11.5. The van der Waals surface area contributed by atoms with Gasteiger partial charge in [-0.05, 0) is 19.8 Å². The molecule has 2 N–H and O–H groups in total. The summed E-state index contributed by atoms with van der Waals surface area (Å²) in [5.41, 5.74) is 0.0382. The summed E-state index contributed by atoms with van der Waals surface area (Å²) in [5.74, 6) is 0.791. The van der Waals surface area contributed by atoms with Crippen molar-refractivity contribution in [3.8, 4) is 6.07 Å². The van der Waals surface area contributed by atoms with E-state index in [9.17, 15) is 4.79 Å². The lowest BCUT2D eigenvalue weighted by Crippen LogP contribution is -2.37. The van der Waals surface area contributed by atoms with Crippen molar-refractivity contribution in [1.29, 1.82) is 5.26 Å². The van der Waals surface area contributed by atoms with Crippen LogP contribution in [0.3, 0.4) is 0 Å². The Labute approximate surface area is 117 Å². The highest BCUT2D eigenvalue weighted by molar-refractivity contribution is 5.97. The average molecular weight is 274 g/mol. The summed E-state index contributed by atoms with van der Waals surface area (Å²) in [4.78, 5) is 12.0. The van der Waals surface area contributed by atoms with Crippen LogP contribution in [-0.2, 0) is 4.79 Å². The van der Waals surface area contributed by atoms with E-state index >= 15 is 0 Å². The number of carbonyl (C=O) groups is 1. The van der Waals surface area contributed by atoms with Crippen molar-refractivity contribution in [2.75, 3.05) is 5.32 Å². The van der Waals surface area contributed by atoms with Gasteiger partial charge in [0.05, 0.1) is 0 Å². The van der Waals surface area contributed by atoms with E-state index in [1.165, 1.54) is 12.6 Å².